The van der Waals surface area contributed by atoms with Gasteiger partial charge < -0.3 is 14.8 Å². The minimum absolute atomic E-state index is 0.0921. The van der Waals surface area contributed by atoms with Crippen molar-refractivity contribution >= 4 is 23.2 Å². The number of carbonyl (C=O) groups is 1. The van der Waals surface area contributed by atoms with Gasteiger partial charge in [0.25, 0.3) is 5.91 Å². The molecule has 0 saturated carbocycles. The lowest BCUT2D eigenvalue weighted by Gasteiger charge is -2.27. The zero-order valence-electron chi connectivity index (χ0n) is 10.6. The molecule has 1 saturated heterocycles. The zero-order valence-corrected chi connectivity index (χ0v) is 11.4. The van der Waals surface area contributed by atoms with Gasteiger partial charge in [0.15, 0.2) is 0 Å². The molecule has 0 aliphatic carbocycles. The summed E-state index contributed by atoms with van der Waals surface area (Å²) in [6.45, 7) is 1.09. The van der Waals surface area contributed by atoms with E-state index in [1.807, 2.05) is 0 Å². The van der Waals surface area contributed by atoms with E-state index < -0.39 is 0 Å². The Morgan fingerprint density at radius 2 is 2.11 bits per heavy atom. The molecule has 0 bridgehead atoms. The highest BCUT2D eigenvalue weighted by atomic mass is 35.5. The van der Waals surface area contributed by atoms with Gasteiger partial charge in [0.1, 0.15) is 5.75 Å². The Balaban J connectivity index is 2.16. The fourth-order valence-electron chi connectivity index (χ4n) is 2.08. The molecule has 0 atom stereocenters. The molecule has 1 N–H and O–H groups in total. The Bertz CT molecular complexity index is 507. The van der Waals surface area contributed by atoms with Gasteiger partial charge in [-0.15, -0.1) is 0 Å². The Morgan fingerprint density at radius 3 is 2.68 bits per heavy atom. The minimum Gasteiger partial charge on any atom is -0.496 e. The molecule has 6 heteroatoms. The second-order valence-electron chi connectivity index (χ2n) is 4.30. The number of nitrogens with zero attached hydrogens (tertiary/aromatic N) is 2. The number of ether oxygens (including phenoxy) is 1. The van der Waals surface area contributed by atoms with Crippen LogP contribution >= 0.6 is 11.6 Å². The Labute approximate surface area is 116 Å². The standard InChI is InChI=1S/C13H15ClN2O3/c1-19-12-8-9(14)2-3-11(12)13(17)16-6-4-10(15-18)5-7-16/h2-3,8,18H,4-7H2,1H3. The van der Waals surface area contributed by atoms with E-state index in [0.29, 0.717) is 42.3 Å². The van der Waals surface area contributed by atoms with E-state index in [2.05, 4.69) is 5.16 Å². The van der Waals surface area contributed by atoms with E-state index in [0.717, 1.165) is 5.71 Å². The molecule has 0 aromatic heterocycles. The van der Waals surface area contributed by atoms with Gasteiger partial charge in [-0.3, -0.25) is 4.79 Å². The normalized spacial score (nSPS) is 15.3. The largest absolute Gasteiger partial charge is 0.496 e. The number of amides is 1. The van der Waals surface area contributed by atoms with Crippen LogP contribution < -0.4 is 4.74 Å². The Kier molecular flexibility index (Phi) is 4.27. The number of hydrogen-bond acceptors (Lipinski definition) is 4. The van der Waals surface area contributed by atoms with Gasteiger partial charge in [-0.2, -0.15) is 0 Å². The summed E-state index contributed by atoms with van der Waals surface area (Å²) in [6.07, 6.45) is 1.19. The van der Waals surface area contributed by atoms with Crippen LogP contribution in [0, 0.1) is 0 Å². The number of carbonyl (C=O) groups excluding carboxylic acids is 1. The summed E-state index contributed by atoms with van der Waals surface area (Å²) in [6, 6.07) is 4.96. The average Bonchev–Trinajstić information content (AvgIpc) is 2.46. The van der Waals surface area contributed by atoms with Crippen LogP contribution in [0.1, 0.15) is 23.2 Å². The topological polar surface area (TPSA) is 62.1 Å². The van der Waals surface area contributed by atoms with Crippen molar-refractivity contribution in [3.63, 3.8) is 0 Å². The van der Waals surface area contributed by atoms with E-state index >= 15 is 0 Å². The van der Waals surface area contributed by atoms with Crippen molar-refractivity contribution in [2.45, 2.75) is 12.8 Å². The maximum atomic E-state index is 12.4. The second-order valence-corrected chi connectivity index (χ2v) is 4.74. The molecular weight excluding hydrogens is 268 g/mol. The first-order chi connectivity index (χ1) is 9.15. The summed E-state index contributed by atoms with van der Waals surface area (Å²) >= 11 is 5.88. The molecular formula is C13H15ClN2O3. The molecule has 0 radical (unpaired) electrons. The molecule has 19 heavy (non-hydrogen) atoms. The lowest BCUT2D eigenvalue weighted by atomic mass is 10.1. The van der Waals surface area contributed by atoms with E-state index in [9.17, 15) is 4.79 Å². The van der Waals surface area contributed by atoms with Crippen molar-refractivity contribution in [1.82, 2.24) is 4.90 Å². The highest BCUT2D eigenvalue weighted by Gasteiger charge is 2.23. The monoisotopic (exact) mass is 282 g/mol. The van der Waals surface area contributed by atoms with E-state index in [-0.39, 0.29) is 5.91 Å². The quantitative estimate of drug-likeness (QED) is 0.669. The molecule has 1 heterocycles. The summed E-state index contributed by atoms with van der Waals surface area (Å²) in [5.74, 6) is 0.379. The highest BCUT2D eigenvalue weighted by Crippen LogP contribution is 2.25. The first kappa shape index (κ1) is 13.7. The fraction of sp³-hybridized carbons (Fsp3) is 0.385. The minimum atomic E-state index is -0.0921. The zero-order chi connectivity index (χ0) is 13.8. The molecule has 1 amide bonds. The number of hydrogen-bond donors (Lipinski definition) is 1. The van der Waals surface area contributed by atoms with Crippen LogP contribution in [-0.4, -0.2) is 41.9 Å². The van der Waals surface area contributed by atoms with Crippen LogP contribution in [0.5, 0.6) is 5.75 Å². The van der Waals surface area contributed by atoms with Crippen LogP contribution in [0.3, 0.4) is 0 Å². The van der Waals surface area contributed by atoms with E-state index in [4.69, 9.17) is 21.5 Å². The van der Waals surface area contributed by atoms with Crippen LogP contribution in [0.2, 0.25) is 5.02 Å². The van der Waals surface area contributed by atoms with Gasteiger partial charge >= 0.3 is 0 Å². The highest BCUT2D eigenvalue weighted by molar-refractivity contribution is 6.30. The predicted molar refractivity (Wildman–Crippen MR) is 72.4 cm³/mol. The number of rotatable bonds is 2. The van der Waals surface area contributed by atoms with Gasteiger partial charge in [-0.25, -0.2) is 0 Å². The lowest BCUT2D eigenvalue weighted by Crippen LogP contribution is -2.38. The summed E-state index contributed by atoms with van der Waals surface area (Å²) < 4.78 is 5.18. The summed E-state index contributed by atoms with van der Waals surface area (Å²) in [4.78, 5) is 14.1. The molecule has 2 rings (SSSR count). The van der Waals surface area contributed by atoms with E-state index in [1.165, 1.54) is 7.11 Å². The van der Waals surface area contributed by atoms with Crippen molar-refractivity contribution in [3.05, 3.63) is 28.8 Å². The van der Waals surface area contributed by atoms with Gasteiger partial charge in [0.2, 0.25) is 0 Å². The molecule has 0 spiro atoms. The molecule has 1 fully saturated rings. The van der Waals surface area contributed by atoms with Crippen molar-refractivity contribution in [2.75, 3.05) is 20.2 Å². The number of oxime groups is 1. The third kappa shape index (κ3) is 2.98. The number of likely N-dealkylation sites (tertiary alicyclic amines) is 1. The molecule has 1 aromatic carbocycles. The fourth-order valence-corrected chi connectivity index (χ4v) is 2.24. The summed E-state index contributed by atoms with van der Waals surface area (Å²) in [7, 11) is 1.51. The van der Waals surface area contributed by atoms with E-state index in [1.54, 1.807) is 23.1 Å². The van der Waals surface area contributed by atoms with Gasteiger partial charge in [-0.1, -0.05) is 16.8 Å². The van der Waals surface area contributed by atoms with Crippen molar-refractivity contribution in [3.8, 4) is 5.75 Å². The molecule has 1 aromatic rings. The number of benzene rings is 1. The Morgan fingerprint density at radius 1 is 1.42 bits per heavy atom. The predicted octanol–water partition coefficient (Wildman–Crippen LogP) is 2.41. The van der Waals surface area contributed by atoms with Crippen LogP contribution in [-0.2, 0) is 0 Å². The van der Waals surface area contributed by atoms with Crippen molar-refractivity contribution < 1.29 is 14.7 Å². The van der Waals surface area contributed by atoms with Gasteiger partial charge in [0.05, 0.1) is 18.4 Å². The van der Waals surface area contributed by atoms with Crippen molar-refractivity contribution in [1.29, 1.82) is 0 Å². The third-order valence-corrected chi connectivity index (χ3v) is 3.40. The first-order valence-electron chi connectivity index (χ1n) is 5.98. The second kappa shape index (κ2) is 5.93. The summed E-state index contributed by atoms with van der Waals surface area (Å²) in [5, 5.41) is 12.4. The van der Waals surface area contributed by atoms with Crippen LogP contribution in [0.15, 0.2) is 23.4 Å². The SMILES string of the molecule is COc1cc(Cl)ccc1C(=O)N1CCC(=NO)CC1. The number of methoxy groups -OCH3 is 1. The number of halogens is 1. The molecule has 1 aliphatic heterocycles. The van der Waals surface area contributed by atoms with Crippen LogP contribution in [0.25, 0.3) is 0 Å². The molecule has 5 nitrogen and oxygen atoms in total. The summed E-state index contributed by atoms with van der Waals surface area (Å²) in [5.41, 5.74) is 1.23. The van der Waals surface area contributed by atoms with Crippen LogP contribution in [0.4, 0.5) is 0 Å². The van der Waals surface area contributed by atoms with Gasteiger partial charge in [0, 0.05) is 31.0 Å². The maximum Gasteiger partial charge on any atom is 0.257 e. The molecule has 102 valence electrons. The van der Waals surface area contributed by atoms with Gasteiger partial charge in [-0.05, 0) is 18.2 Å². The smallest absolute Gasteiger partial charge is 0.257 e. The maximum absolute atomic E-state index is 12.4. The Hall–Kier alpha value is -1.75. The number of piperidine rings is 1. The lowest BCUT2D eigenvalue weighted by molar-refractivity contribution is 0.0750. The molecule has 1 aliphatic rings. The van der Waals surface area contributed by atoms with Crippen molar-refractivity contribution in [2.24, 2.45) is 5.16 Å². The molecule has 0 unspecified atom stereocenters. The third-order valence-electron chi connectivity index (χ3n) is 3.16. The first-order valence-corrected chi connectivity index (χ1v) is 6.36. The average molecular weight is 283 g/mol.